The molecule has 0 spiro atoms. The number of aliphatic carboxylic acids is 3. The number of nitrogens with one attached hydrogen (secondary N) is 2. The molecular weight excluding hydrogens is 776 g/mol. The second-order valence-corrected chi connectivity index (χ2v) is 12.1. The number of carbonyl (C=O) groups is 3. The van der Waals surface area contributed by atoms with Crippen LogP contribution in [0.1, 0.15) is 44.1 Å². The van der Waals surface area contributed by atoms with Gasteiger partial charge < -0.3 is 30.9 Å². The van der Waals surface area contributed by atoms with Crippen molar-refractivity contribution in [2.45, 2.75) is 75.2 Å². The van der Waals surface area contributed by atoms with Crippen LogP contribution >= 0.6 is 0 Å². The predicted molar refractivity (Wildman–Crippen MR) is 180 cm³/mol. The van der Waals surface area contributed by atoms with E-state index in [4.69, 9.17) is 35.0 Å². The first-order valence-electron chi connectivity index (χ1n) is 16.4. The van der Waals surface area contributed by atoms with Crippen molar-refractivity contribution >= 4 is 29.4 Å². The molecule has 5 N–H and O–H groups in total. The third-order valence-corrected chi connectivity index (χ3v) is 8.00. The molecule has 3 atom stereocenters. The molecule has 1 aromatic heterocycles. The summed E-state index contributed by atoms with van der Waals surface area (Å²) in [5, 5.41) is 38.1. The molecule has 0 amide bonds. The highest BCUT2D eigenvalue weighted by Crippen LogP contribution is 2.28. The molecule has 0 radical (unpaired) electrons. The Kier molecular flexibility index (Phi) is 17.3. The quantitative estimate of drug-likeness (QED) is 0.155. The van der Waals surface area contributed by atoms with Crippen LogP contribution < -0.4 is 15.5 Å². The molecule has 5 rings (SSSR count). The highest BCUT2D eigenvalue weighted by Gasteiger charge is 2.39. The molecule has 2 aromatic carbocycles. The van der Waals surface area contributed by atoms with E-state index in [1.54, 1.807) is 12.3 Å². The summed E-state index contributed by atoms with van der Waals surface area (Å²) in [4.78, 5) is 33.7. The zero-order valence-corrected chi connectivity index (χ0v) is 28.9. The second-order valence-electron chi connectivity index (χ2n) is 12.1. The SMILES string of the molecule is N#Cc1ccc(N2CCC[C@H](N[C@@H]3CCCC[C@H]3Nc3cc(-c4ccccc4F)ccn3)C2)cc1.O=C(O)C(F)(F)F.O=C(O)C(F)(F)F.O=C(O)C(F)(F)F. The lowest BCUT2D eigenvalue weighted by atomic mass is 9.89. The van der Waals surface area contributed by atoms with Gasteiger partial charge in [0, 0.05) is 48.7 Å². The van der Waals surface area contributed by atoms with Crippen LogP contribution in [0.5, 0.6) is 0 Å². The van der Waals surface area contributed by atoms with E-state index < -0.39 is 36.4 Å². The molecule has 56 heavy (non-hydrogen) atoms. The summed E-state index contributed by atoms with van der Waals surface area (Å²) in [6.07, 6.45) is -6.53. The number of nitrogens with zero attached hydrogens (tertiary/aromatic N) is 3. The number of hydrogen-bond donors (Lipinski definition) is 5. The fraction of sp³-hybridized carbons (Fsp3) is 0.400. The smallest absolute Gasteiger partial charge is 0.475 e. The van der Waals surface area contributed by atoms with E-state index in [0.717, 1.165) is 50.2 Å². The normalized spacial score (nSPS) is 18.2. The number of hydrogen-bond acceptors (Lipinski definition) is 8. The number of pyridine rings is 1. The molecule has 2 heterocycles. The van der Waals surface area contributed by atoms with Gasteiger partial charge in [0.2, 0.25) is 0 Å². The summed E-state index contributed by atoms with van der Waals surface area (Å²) in [6, 6.07) is 21.9. The summed E-state index contributed by atoms with van der Waals surface area (Å²) in [5.74, 6) is -7.69. The van der Waals surface area contributed by atoms with Gasteiger partial charge in [-0.15, -0.1) is 0 Å². The molecule has 2 fully saturated rings. The van der Waals surface area contributed by atoms with Gasteiger partial charge in [-0.2, -0.15) is 44.8 Å². The molecule has 11 nitrogen and oxygen atoms in total. The van der Waals surface area contributed by atoms with Crippen LogP contribution in [0.3, 0.4) is 0 Å². The Morgan fingerprint density at radius 1 is 0.750 bits per heavy atom. The molecule has 0 unspecified atom stereocenters. The number of carboxylic acids is 3. The van der Waals surface area contributed by atoms with Crippen LogP contribution in [-0.4, -0.2) is 88.0 Å². The van der Waals surface area contributed by atoms with Gasteiger partial charge >= 0.3 is 36.4 Å². The topological polar surface area (TPSA) is 176 Å². The fourth-order valence-corrected chi connectivity index (χ4v) is 5.46. The summed E-state index contributed by atoms with van der Waals surface area (Å²) >= 11 is 0. The average molecular weight is 812 g/mol. The van der Waals surface area contributed by atoms with E-state index in [0.29, 0.717) is 23.2 Å². The third-order valence-electron chi connectivity index (χ3n) is 8.00. The molecule has 1 aliphatic carbocycles. The number of alkyl halides is 9. The Bertz CT molecular complexity index is 1730. The predicted octanol–water partition coefficient (Wildman–Crippen LogP) is 7.64. The van der Waals surface area contributed by atoms with Crippen LogP contribution in [0.2, 0.25) is 0 Å². The molecule has 1 aliphatic heterocycles. The monoisotopic (exact) mass is 811 g/mol. The molecule has 21 heteroatoms. The third kappa shape index (κ3) is 16.0. The van der Waals surface area contributed by atoms with Crippen molar-refractivity contribution in [3.63, 3.8) is 0 Å². The summed E-state index contributed by atoms with van der Waals surface area (Å²) < 4.78 is 110. The van der Waals surface area contributed by atoms with Crippen LogP contribution in [0.4, 0.5) is 55.4 Å². The number of nitriles is 1. The van der Waals surface area contributed by atoms with Crippen molar-refractivity contribution in [3.8, 4) is 17.2 Å². The lowest BCUT2D eigenvalue weighted by Crippen LogP contribution is -2.54. The first-order chi connectivity index (χ1) is 26.0. The van der Waals surface area contributed by atoms with Gasteiger partial charge in [0.1, 0.15) is 11.6 Å². The zero-order chi connectivity index (χ0) is 42.3. The minimum Gasteiger partial charge on any atom is -0.475 e. The lowest BCUT2D eigenvalue weighted by Gasteiger charge is -2.40. The maximum atomic E-state index is 14.3. The van der Waals surface area contributed by atoms with Crippen molar-refractivity contribution in [1.29, 1.82) is 5.26 Å². The van der Waals surface area contributed by atoms with Gasteiger partial charge in [0.25, 0.3) is 0 Å². The van der Waals surface area contributed by atoms with Crippen LogP contribution in [0.15, 0.2) is 66.9 Å². The van der Waals surface area contributed by atoms with E-state index >= 15 is 0 Å². The minimum atomic E-state index is -5.08. The molecule has 3 aromatic rings. The molecular formula is C35H35F10N5O6. The summed E-state index contributed by atoms with van der Waals surface area (Å²) in [7, 11) is 0. The standard InChI is InChI=1S/C29H32FN5.3C2HF3O2/c30-26-8-2-1-7-25(26)22-15-16-32-29(18-22)34-28-10-4-3-9-27(28)33-23-6-5-17-35(20-23)24-13-11-21(19-31)12-14-24;3*3-2(4,5)1(6)7/h1-2,7-8,11-16,18,23,27-28,33H,3-6,9-10,17,20H2,(H,32,34);3*(H,6,7)/t23-,27+,28+;;;/m0.../s1. The van der Waals surface area contributed by atoms with E-state index in [-0.39, 0.29) is 11.9 Å². The van der Waals surface area contributed by atoms with Gasteiger partial charge in [-0.1, -0.05) is 31.0 Å². The maximum Gasteiger partial charge on any atom is 0.490 e. The van der Waals surface area contributed by atoms with Crippen molar-refractivity contribution in [1.82, 2.24) is 10.3 Å². The number of aromatic nitrogens is 1. The zero-order valence-electron chi connectivity index (χ0n) is 28.9. The van der Waals surface area contributed by atoms with Gasteiger partial charge in [-0.3, -0.25) is 0 Å². The van der Waals surface area contributed by atoms with Gasteiger partial charge in [0.15, 0.2) is 0 Å². The number of piperidine rings is 1. The van der Waals surface area contributed by atoms with Crippen molar-refractivity contribution in [2.75, 3.05) is 23.3 Å². The van der Waals surface area contributed by atoms with Crippen molar-refractivity contribution in [2.24, 2.45) is 0 Å². The highest BCUT2D eigenvalue weighted by molar-refractivity contribution is 5.73. The van der Waals surface area contributed by atoms with Crippen molar-refractivity contribution < 1.29 is 73.6 Å². The Labute approximate surface area is 312 Å². The molecule has 0 bridgehead atoms. The minimum absolute atomic E-state index is 0.217. The number of rotatable bonds is 6. The summed E-state index contributed by atoms with van der Waals surface area (Å²) in [6.45, 7) is 2.01. The second kappa shape index (κ2) is 20.9. The summed E-state index contributed by atoms with van der Waals surface area (Å²) in [5.41, 5.74) is 3.32. The van der Waals surface area contributed by atoms with Crippen LogP contribution in [0, 0.1) is 17.1 Å². The van der Waals surface area contributed by atoms with Crippen LogP contribution in [0.25, 0.3) is 11.1 Å². The number of anilines is 2. The molecule has 1 saturated carbocycles. The molecule has 306 valence electrons. The fourth-order valence-electron chi connectivity index (χ4n) is 5.46. The maximum absolute atomic E-state index is 14.3. The molecule has 2 aliphatic rings. The number of carboxylic acid groups (broad SMARTS) is 3. The van der Waals surface area contributed by atoms with E-state index in [2.05, 4.69) is 38.7 Å². The Morgan fingerprint density at radius 2 is 1.27 bits per heavy atom. The van der Waals surface area contributed by atoms with Gasteiger partial charge in [-0.25, -0.2) is 23.8 Å². The first-order valence-corrected chi connectivity index (χ1v) is 16.4. The van der Waals surface area contributed by atoms with E-state index in [1.165, 1.54) is 24.6 Å². The number of benzene rings is 2. The average Bonchev–Trinajstić information content (AvgIpc) is 3.12. The van der Waals surface area contributed by atoms with E-state index in [1.807, 2.05) is 36.4 Å². The highest BCUT2D eigenvalue weighted by atomic mass is 19.4. The Balaban J connectivity index is 0.000000423. The molecule has 1 saturated heterocycles. The van der Waals surface area contributed by atoms with Gasteiger partial charge in [-0.05, 0) is 73.7 Å². The van der Waals surface area contributed by atoms with Crippen molar-refractivity contribution in [3.05, 3.63) is 78.2 Å². The van der Waals surface area contributed by atoms with E-state index in [9.17, 15) is 43.9 Å². The van der Waals surface area contributed by atoms with Gasteiger partial charge in [0.05, 0.1) is 11.6 Å². The first kappa shape index (κ1) is 46.5. The Hall–Kier alpha value is -5.65. The Morgan fingerprint density at radius 3 is 1.77 bits per heavy atom. The number of halogens is 10. The lowest BCUT2D eigenvalue weighted by molar-refractivity contribution is -0.193. The largest absolute Gasteiger partial charge is 0.490 e. The van der Waals surface area contributed by atoms with Crippen LogP contribution in [-0.2, 0) is 14.4 Å².